The molecule has 0 bridgehead atoms. The van der Waals surface area contributed by atoms with E-state index in [0.717, 1.165) is 39.1 Å². The summed E-state index contributed by atoms with van der Waals surface area (Å²) in [4.78, 5) is 27.8. The lowest BCUT2D eigenvalue weighted by atomic mass is 10.1. The maximum absolute atomic E-state index is 13.6. The highest BCUT2D eigenvalue weighted by molar-refractivity contribution is 7.90. The van der Waals surface area contributed by atoms with Crippen LogP contribution in [0.4, 0.5) is 10.1 Å². The number of carbonyl (C=O) groups is 2. The van der Waals surface area contributed by atoms with Gasteiger partial charge in [0.05, 0.1) is 12.8 Å². The van der Waals surface area contributed by atoms with Crippen LogP contribution in [0.1, 0.15) is 32.3 Å². The second-order valence-corrected chi connectivity index (χ2v) is 10.5. The molecular formula is C25H35FN4O5S. The first kappa shape index (κ1) is 29.1. The number of carbonyl (C=O) groups excluding carboxylic acids is 2. The van der Waals surface area contributed by atoms with E-state index in [1.165, 1.54) is 31.1 Å². The van der Waals surface area contributed by atoms with Crippen molar-refractivity contribution in [2.75, 3.05) is 38.6 Å². The number of hydrogen-bond donors (Lipinski definition) is 1. The van der Waals surface area contributed by atoms with Crippen molar-refractivity contribution in [1.29, 1.82) is 0 Å². The third kappa shape index (κ3) is 7.66. The van der Waals surface area contributed by atoms with Gasteiger partial charge < -0.3 is 15.0 Å². The van der Waals surface area contributed by atoms with Crippen LogP contribution < -0.4 is 14.4 Å². The Bertz CT molecular complexity index is 1110. The first-order valence-electron chi connectivity index (χ1n) is 11.7. The Morgan fingerprint density at radius 3 is 2.19 bits per heavy atom. The molecule has 0 fully saturated rings. The van der Waals surface area contributed by atoms with Crippen LogP contribution in [-0.2, 0) is 26.3 Å². The van der Waals surface area contributed by atoms with Gasteiger partial charge in [-0.25, -0.2) is 8.70 Å². The van der Waals surface area contributed by atoms with Crippen molar-refractivity contribution in [3.05, 3.63) is 59.9 Å². The third-order valence-corrected chi connectivity index (χ3v) is 7.46. The van der Waals surface area contributed by atoms with Crippen molar-refractivity contribution in [3.8, 4) is 5.75 Å². The Labute approximate surface area is 213 Å². The molecule has 0 unspecified atom stereocenters. The van der Waals surface area contributed by atoms with Crippen LogP contribution in [0.3, 0.4) is 0 Å². The van der Waals surface area contributed by atoms with E-state index in [4.69, 9.17) is 4.74 Å². The molecule has 0 aliphatic heterocycles. The van der Waals surface area contributed by atoms with Crippen molar-refractivity contribution in [3.63, 3.8) is 0 Å². The highest BCUT2D eigenvalue weighted by Crippen LogP contribution is 2.21. The van der Waals surface area contributed by atoms with E-state index in [1.54, 1.807) is 38.3 Å². The molecule has 2 aromatic rings. The minimum Gasteiger partial charge on any atom is -0.497 e. The fraction of sp³-hybridized carbons (Fsp3) is 0.440. The third-order valence-electron chi connectivity index (χ3n) is 5.64. The van der Waals surface area contributed by atoms with Gasteiger partial charge in [0.1, 0.15) is 24.2 Å². The molecule has 198 valence electrons. The molecule has 2 rings (SSSR count). The zero-order valence-corrected chi connectivity index (χ0v) is 22.2. The maximum atomic E-state index is 13.6. The SMILES string of the molecule is CCCCNC(=O)[C@@H](C)N(Cc1ccc(OC)cc1)C(=O)CN(c1ccc(F)cc1)S(=O)(=O)N(C)C. The van der Waals surface area contributed by atoms with E-state index in [1.807, 2.05) is 6.92 Å². The van der Waals surface area contributed by atoms with E-state index in [2.05, 4.69) is 5.32 Å². The number of amides is 2. The molecule has 1 atom stereocenters. The van der Waals surface area contributed by atoms with Crippen LogP contribution >= 0.6 is 0 Å². The first-order chi connectivity index (χ1) is 17.0. The van der Waals surface area contributed by atoms with E-state index in [9.17, 15) is 22.4 Å². The smallest absolute Gasteiger partial charge is 0.304 e. The minimum atomic E-state index is -4.10. The summed E-state index contributed by atoms with van der Waals surface area (Å²) >= 11 is 0. The summed E-state index contributed by atoms with van der Waals surface area (Å²) in [7, 11) is 0.130. The summed E-state index contributed by atoms with van der Waals surface area (Å²) in [5.41, 5.74) is 0.865. The van der Waals surface area contributed by atoms with Gasteiger partial charge in [-0.05, 0) is 55.3 Å². The number of anilines is 1. The topological polar surface area (TPSA) is 99.3 Å². The molecule has 2 amide bonds. The van der Waals surface area contributed by atoms with Gasteiger partial charge in [-0.3, -0.25) is 9.59 Å². The fourth-order valence-corrected chi connectivity index (χ4v) is 4.43. The molecule has 0 aliphatic rings. The average Bonchev–Trinajstić information content (AvgIpc) is 2.86. The van der Waals surface area contributed by atoms with Gasteiger partial charge in [-0.1, -0.05) is 25.5 Å². The Morgan fingerprint density at radius 2 is 1.67 bits per heavy atom. The van der Waals surface area contributed by atoms with Crippen LogP contribution in [-0.4, -0.2) is 69.8 Å². The van der Waals surface area contributed by atoms with Gasteiger partial charge in [0.2, 0.25) is 11.8 Å². The highest BCUT2D eigenvalue weighted by atomic mass is 32.2. The Balaban J connectivity index is 2.40. The normalized spacial score (nSPS) is 12.2. The number of benzene rings is 2. The number of nitrogens with zero attached hydrogens (tertiary/aromatic N) is 3. The molecule has 11 heteroatoms. The van der Waals surface area contributed by atoms with Crippen LogP contribution in [0.25, 0.3) is 0 Å². The maximum Gasteiger partial charge on any atom is 0.304 e. The van der Waals surface area contributed by atoms with Crippen molar-refractivity contribution in [2.45, 2.75) is 39.3 Å². The van der Waals surface area contributed by atoms with Gasteiger partial charge in [0.25, 0.3) is 0 Å². The quantitative estimate of drug-likeness (QED) is 0.408. The van der Waals surface area contributed by atoms with Gasteiger partial charge in [-0.15, -0.1) is 0 Å². The number of methoxy groups -OCH3 is 1. The lowest BCUT2D eigenvalue weighted by Crippen LogP contribution is -2.52. The molecule has 0 saturated heterocycles. The van der Waals surface area contributed by atoms with Crippen LogP contribution in [0.2, 0.25) is 0 Å². The van der Waals surface area contributed by atoms with Crippen LogP contribution in [0.5, 0.6) is 5.75 Å². The zero-order chi connectivity index (χ0) is 26.9. The molecule has 0 aliphatic carbocycles. The second kappa shape index (κ2) is 13.2. The summed E-state index contributed by atoms with van der Waals surface area (Å²) in [5, 5.41) is 2.83. The molecule has 36 heavy (non-hydrogen) atoms. The van der Waals surface area contributed by atoms with Gasteiger partial charge in [-0.2, -0.15) is 12.7 Å². The number of rotatable bonds is 13. The summed E-state index contributed by atoms with van der Waals surface area (Å²) in [5.74, 6) is -0.819. The molecule has 0 saturated carbocycles. The molecule has 2 aromatic carbocycles. The fourth-order valence-electron chi connectivity index (χ4n) is 3.37. The Morgan fingerprint density at radius 1 is 1.06 bits per heavy atom. The van der Waals surface area contributed by atoms with E-state index in [0.29, 0.717) is 12.3 Å². The van der Waals surface area contributed by atoms with E-state index < -0.39 is 34.5 Å². The first-order valence-corrected chi connectivity index (χ1v) is 13.1. The standard InChI is InChI=1S/C25H35FN4O5S/c1-6-7-16-27-25(32)19(2)29(17-20-8-14-23(35-5)15-9-20)24(31)18-30(36(33,34)28(3)4)22-12-10-21(26)11-13-22/h8-15,19H,6-7,16-18H2,1-5H3,(H,27,32)/t19-/m1/s1. The summed E-state index contributed by atoms with van der Waals surface area (Å²) in [6.07, 6.45) is 1.70. The zero-order valence-electron chi connectivity index (χ0n) is 21.4. The summed E-state index contributed by atoms with van der Waals surface area (Å²) in [6, 6.07) is 11.0. The van der Waals surface area contributed by atoms with Gasteiger partial charge >= 0.3 is 10.2 Å². The van der Waals surface area contributed by atoms with Gasteiger partial charge in [0.15, 0.2) is 0 Å². The predicted molar refractivity (Wildman–Crippen MR) is 137 cm³/mol. The number of nitrogens with one attached hydrogen (secondary N) is 1. The molecule has 0 aromatic heterocycles. The number of ether oxygens (including phenoxy) is 1. The van der Waals surface area contributed by atoms with Gasteiger partial charge in [0, 0.05) is 27.2 Å². The lowest BCUT2D eigenvalue weighted by molar-refractivity contribution is -0.139. The predicted octanol–water partition coefficient (Wildman–Crippen LogP) is 2.78. The summed E-state index contributed by atoms with van der Waals surface area (Å²) in [6.45, 7) is 3.58. The average molecular weight is 523 g/mol. The number of halogens is 1. The lowest BCUT2D eigenvalue weighted by Gasteiger charge is -2.32. The van der Waals surface area contributed by atoms with Crippen molar-refractivity contribution < 1.29 is 27.1 Å². The van der Waals surface area contributed by atoms with E-state index in [-0.39, 0.29) is 18.1 Å². The van der Waals surface area contributed by atoms with Crippen molar-refractivity contribution >= 4 is 27.7 Å². The second-order valence-electron chi connectivity index (χ2n) is 8.46. The van der Waals surface area contributed by atoms with E-state index >= 15 is 0 Å². The minimum absolute atomic E-state index is 0.0739. The molecular weight excluding hydrogens is 487 g/mol. The highest BCUT2D eigenvalue weighted by Gasteiger charge is 2.32. The van der Waals surface area contributed by atoms with Crippen molar-refractivity contribution in [1.82, 2.24) is 14.5 Å². The number of hydrogen-bond acceptors (Lipinski definition) is 5. The molecule has 1 N–H and O–H groups in total. The monoisotopic (exact) mass is 522 g/mol. The molecule has 0 radical (unpaired) electrons. The van der Waals surface area contributed by atoms with Crippen molar-refractivity contribution in [2.24, 2.45) is 0 Å². The summed E-state index contributed by atoms with van der Waals surface area (Å²) < 4.78 is 46.7. The molecule has 0 spiro atoms. The largest absolute Gasteiger partial charge is 0.497 e. The van der Waals surface area contributed by atoms with Crippen LogP contribution in [0, 0.1) is 5.82 Å². The molecule has 9 nitrogen and oxygen atoms in total. The Hall–Kier alpha value is -3.18. The van der Waals surface area contributed by atoms with Crippen LogP contribution in [0.15, 0.2) is 48.5 Å². The molecule has 0 heterocycles. The Kier molecular flexibility index (Phi) is 10.7. The number of unbranched alkanes of at least 4 members (excludes halogenated alkanes) is 1.